The summed E-state index contributed by atoms with van der Waals surface area (Å²) in [5.74, 6) is 2.76. The van der Waals surface area contributed by atoms with Crippen LogP contribution in [0.25, 0.3) is 0 Å². The molecular formula is C20H26N2O. The predicted octanol–water partition coefficient (Wildman–Crippen LogP) is 4.20. The number of hydrogen-bond acceptors (Lipinski definition) is 2. The molecule has 23 heavy (non-hydrogen) atoms. The first-order valence-electron chi connectivity index (χ1n) is 9.38. The summed E-state index contributed by atoms with van der Waals surface area (Å²) >= 11 is 0. The number of carbonyl (C=O) groups is 1. The van der Waals surface area contributed by atoms with Gasteiger partial charge in [0.25, 0.3) is 0 Å². The number of hydrogen-bond donors (Lipinski definition) is 2. The zero-order valence-corrected chi connectivity index (χ0v) is 13.7. The van der Waals surface area contributed by atoms with E-state index in [1.54, 1.807) is 0 Å². The first-order chi connectivity index (χ1) is 11.2. The van der Waals surface area contributed by atoms with Crippen molar-refractivity contribution in [2.45, 2.75) is 51.4 Å². The van der Waals surface area contributed by atoms with Crippen LogP contribution in [0.1, 0.15) is 50.5 Å². The van der Waals surface area contributed by atoms with Gasteiger partial charge in [-0.05, 0) is 92.9 Å². The van der Waals surface area contributed by atoms with Crippen molar-refractivity contribution in [2.24, 2.45) is 23.2 Å². The Morgan fingerprint density at radius 3 is 2.48 bits per heavy atom. The smallest absolute Gasteiger partial charge is 0.230 e. The van der Waals surface area contributed by atoms with E-state index in [0.29, 0.717) is 5.91 Å². The van der Waals surface area contributed by atoms with Gasteiger partial charge in [0, 0.05) is 17.9 Å². The van der Waals surface area contributed by atoms with Crippen LogP contribution >= 0.6 is 0 Å². The molecule has 1 aromatic carbocycles. The van der Waals surface area contributed by atoms with Crippen LogP contribution in [0.2, 0.25) is 0 Å². The molecule has 3 heteroatoms. The largest absolute Gasteiger partial charge is 0.385 e. The molecule has 122 valence electrons. The molecule has 1 heterocycles. The summed E-state index contributed by atoms with van der Waals surface area (Å²) in [6.07, 6.45) is 9.86. The number of fused-ring (bicyclic) bond motifs is 1. The number of benzene rings is 1. The van der Waals surface area contributed by atoms with Crippen LogP contribution in [-0.2, 0) is 11.2 Å². The maximum absolute atomic E-state index is 13.1. The minimum atomic E-state index is -0.0527. The highest BCUT2D eigenvalue weighted by atomic mass is 16.2. The lowest BCUT2D eigenvalue weighted by Crippen LogP contribution is -2.51. The van der Waals surface area contributed by atoms with Crippen molar-refractivity contribution >= 4 is 17.3 Å². The molecule has 0 spiro atoms. The van der Waals surface area contributed by atoms with Gasteiger partial charge in [-0.1, -0.05) is 0 Å². The zero-order chi connectivity index (χ0) is 15.4. The van der Waals surface area contributed by atoms with Crippen molar-refractivity contribution in [3.63, 3.8) is 0 Å². The average Bonchev–Trinajstić information content (AvgIpc) is 2.53. The van der Waals surface area contributed by atoms with Gasteiger partial charge in [-0.25, -0.2) is 0 Å². The van der Waals surface area contributed by atoms with E-state index in [0.717, 1.165) is 55.7 Å². The number of rotatable bonds is 2. The fraction of sp³-hybridized carbons (Fsp3) is 0.650. The zero-order valence-electron chi connectivity index (χ0n) is 13.7. The topological polar surface area (TPSA) is 41.1 Å². The first kappa shape index (κ1) is 13.9. The highest BCUT2D eigenvalue weighted by molar-refractivity contribution is 5.96. The Hall–Kier alpha value is -1.51. The van der Waals surface area contributed by atoms with Crippen molar-refractivity contribution in [2.75, 3.05) is 17.2 Å². The molecule has 4 bridgehead atoms. The lowest BCUT2D eigenvalue weighted by atomic mass is 9.49. The van der Waals surface area contributed by atoms with Crippen molar-refractivity contribution < 1.29 is 4.79 Å². The Labute approximate surface area is 138 Å². The van der Waals surface area contributed by atoms with E-state index >= 15 is 0 Å². The minimum Gasteiger partial charge on any atom is -0.385 e. The molecule has 0 unspecified atom stereocenters. The predicted molar refractivity (Wildman–Crippen MR) is 92.5 cm³/mol. The van der Waals surface area contributed by atoms with Crippen LogP contribution < -0.4 is 10.6 Å². The van der Waals surface area contributed by atoms with E-state index in [1.807, 2.05) is 0 Å². The molecule has 4 fully saturated rings. The molecule has 0 radical (unpaired) electrons. The Morgan fingerprint density at radius 2 is 1.78 bits per heavy atom. The molecule has 0 aromatic heterocycles. The number of carbonyl (C=O) groups excluding carboxylic acids is 1. The van der Waals surface area contributed by atoms with E-state index in [4.69, 9.17) is 0 Å². The molecule has 1 amide bonds. The standard InChI is InChI=1S/C20H26N2O/c23-19(20-10-13-6-14(11-20)8-15(7-13)12-20)22-17-3-4-18-16(9-17)2-1-5-21-18/h3-4,9,13-15,21H,1-2,5-8,10-12H2,(H,22,23). The Bertz CT molecular complexity index is 616. The summed E-state index contributed by atoms with van der Waals surface area (Å²) < 4.78 is 0. The Balaban J connectivity index is 1.37. The third kappa shape index (κ3) is 2.28. The summed E-state index contributed by atoms with van der Waals surface area (Å²) in [6, 6.07) is 6.37. The van der Waals surface area contributed by atoms with Crippen LogP contribution in [-0.4, -0.2) is 12.5 Å². The highest BCUT2D eigenvalue weighted by Gasteiger charge is 2.54. The maximum atomic E-state index is 13.1. The van der Waals surface area contributed by atoms with Crippen LogP contribution in [0.4, 0.5) is 11.4 Å². The second-order valence-electron chi connectivity index (χ2n) is 8.55. The Kier molecular flexibility index (Phi) is 3.01. The summed E-state index contributed by atoms with van der Waals surface area (Å²) in [4.78, 5) is 13.1. The van der Waals surface area contributed by atoms with Gasteiger partial charge in [0.15, 0.2) is 0 Å². The van der Waals surface area contributed by atoms with E-state index in [2.05, 4.69) is 28.8 Å². The van der Waals surface area contributed by atoms with Crippen molar-refractivity contribution in [3.05, 3.63) is 23.8 Å². The molecule has 1 aromatic rings. The molecule has 3 nitrogen and oxygen atoms in total. The number of aryl methyl sites for hydroxylation is 1. The molecule has 6 rings (SSSR count). The summed E-state index contributed by atoms with van der Waals surface area (Å²) in [5, 5.41) is 6.72. The minimum absolute atomic E-state index is 0.0527. The van der Waals surface area contributed by atoms with E-state index in [1.165, 1.54) is 36.9 Å². The molecule has 1 aliphatic heterocycles. The average molecular weight is 310 g/mol. The second-order valence-corrected chi connectivity index (χ2v) is 8.55. The van der Waals surface area contributed by atoms with E-state index in [-0.39, 0.29) is 5.41 Å². The highest BCUT2D eigenvalue weighted by Crippen LogP contribution is 2.60. The van der Waals surface area contributed by atoms with Crippen molar-refractivity contribution in [3.8, 4) is 0 Å². The molecule has 0 saturated heterocycles. The van der Waals surface area contributed by atoms with E-state index < -0.39 is 0 Å². The number of anilines is 2. The van der Waals surface area contributed by atoms with Crippen LogP contribution in [0.5, 0.6) is 0 Å². The second kappa shape index (κ2) is 4.99. The quantitative estimate of drug-likeness (QED) is 0.859. The number of nitrogens with one attached hydrogen (secondary N) is 2. The molecule has 0 atom stereocenters. The molecular weight excluding hydrogens is 284 g/mol. The summed E-state index contributed by atoms with van der Waals surface area (Å²) in [7, 11) is 0. The first-order valence-corrected chi connectivity index (χ1v) is 9.38. The van der Waals surface area contributed by atoms with Crippen LogP contribution in [0, 0.1) is 23.2 Å². The monoisotopic (exact) mass is 310 g/mol. The van der Waals surface area contributed by atoms with Crippen molar-refractivity contribution in [1.82, 2.24) is 0 Å². The summed E-state index contributed by atoms with van der Waals surface area (Å²) in [6.45, 7) is 1.06. The van der Waals surface area contributed by atoms with Gasteiger partial charge in [0.05, 0.1) is 5.41 Å². The normalized spacial score (nSPS) is 37.1. The lowest BCUT2D eigenvalue weighted by molar-refractivity contribution is -0.140. The SMILES string of the molecule is O=C(Nc1ccc2c(c1)CCCN2)C12CC3CC(CC(C3)C1)C2. The molecule has 4 saturated carbocycles. The van der Waals surface area contributed by atoms with Gasteiger partial charge in [-0.2, -0.15) is 0 Å². The van der Waals surface area contributed by atoms with Gasteiger partial charge in [-0.3, -0.25) is 4.79 Å². The van der Waals surface area contributed by atoms with Gasteiger partial charge >= 0.3 is 0 Å². The third-order valence-electron chi connectivity index (χ3n) is 6.82. The molecule has 5 aliphatic rings. The Morgan fingerprint density at radius 1 is 1.09 bits per heavy atom. The maximum Gasteiger partial charge on any atom is 0.230 e. The van der Waals surface area contributed by atoms with Crippen LogP contribution in [0.15, 0.2) is 18.2 Å². The molecule has 4 aliphatic carbocycles. The fourth-order valence-electron chi connectivity index (χ4n) is 6.21. The van der Waals surface area contributed by atoms with Gasteiger partial charge in [-0.15, -0.1) is 0 Å². The molecule has 2 N–H and O–H groups in total. The fourth-order valence-corrected chi connectivity index (χ4v) is 6.21. The lowest BCUT2D eigenvalue weighted by Gasteiger charge is -2.55. The van der Waals surface area contributed by atoms with Gasteiger partial charge in [0.2, 0.25) is 5.91 Å². The van der Waals surface area contributed by atoms with Gasteiger partial charge in [0.1, 0.15) is 0 Å². The third-order valence-corrected chi connectivity index (χ3v) is 6.82. The van der Waals surface area contributed by atoms with Crippen molar-refractivity contribution in [1.29, 1.82) is 0 Å². The number of amides is 1. The van der Waals surface area contributed by atoms with Crippen LogP contribution in [0.3, 0.4) is 0 Å². The summed E-state index contributed by atoms with van der Waals surface area (Å²) in [5.41, 5.74) is 3.53. The van der Waals surface area contributed by atoms with E-state index in [9.17, 15) is 4.79 Å². The van der Waals surface area contributed by atoms with Gasteiger partial charge < -0.3 is 10.6 Å².